The van der Waals surface area contributed by atoms with Crippen LogP contribution in [0.3, 0.4) is 0 Å². The minimum atomic E-state index is -1.08. The van der Waals surface area contributed by atoms with Gasteiger partial charge in [-0.15, -0.1) is 0 Å². The minimum absolute atomic E-state index is 0. The van der Waals surface area contributed by atoms with E-state index >= 15 is 0 Å². The van der Waals surface area contributed by atoms with Crippen LogP contribution < -0.4 is 10.2 Å². The third-order valence-corrected chi connectivity index (χ3v) is 0.755. The molecule has 0 aliphatic carbocycles. The van der Waals surface area contributed by atoms with E-state index in [0.29, 0.717) is 0 Å². The number of esters is 1. The van der Waals surface area contributed by atoms with Gasteiger partial charge in [-0.3, -0.25) is 9.59 Å². The Morgan fingerprint density at radius 1 is 1.05 bits per heavy atom. The third-order valence-electron chi connectivity index (χ3n) is 0.755. The monoisotopic (exact) mass is 284 g/mol. The number of ether oxygens (including phenoxy) is 1. The standard InChI is InChI=1S/C7H10O3.2C2H4O2.Mg/c1-3-4-10-7(9)5-6(2)8;2*1-2(3)4;/h3H,1,4-5H2,2H3;2*1H3,(H,3,4);/q;;;+2/p-2. The summed E-state index contributed by atoms with van der Waals surface area (Å²) in [6.07, 6.45) is 1.31. The fourth-order valence-electron chi connectivity index (χ4n) is 0.406. The van der Waals surface area contributed by atoms with Crippen LogP contribution in [0.1, 0.15) is 27.2 Å². The molecule has 0 unspecified atom stereocenters. The smallest absolute Gasteiger partial charge is 0.550 e. The molecule has 0 amide bonds. The maximum absolute atomic E-state index is 10.5. The molecule has 0 rings (SSSR count). The first-order chi connectivity index (χ1) is 8.13. The second kappa shape index (κ2) is 18.9. The van der Waals surface area contributed by atoms with E-state index in [1.807, 2.05) is 0 Å². The number of ketones is 1. The molecule has 0 saturated heterocycles. The average Bonchev–Trinajstić information content (AvgIpc) is 2.11. The molecule has 0 atom stereocenters. The Labute approximate surface area is 127 Å². The Kier molecular flexibility index (Phi) is 26.1. The number of rotatable bonds is 4. The van der Waals surface area contributed by atoms with Gasteiger partial charge in [-0.2, -0.15) is 0 Å². The van der Waals surface area contributed by atoms with E-state index in [2.05, 4.69) is 11.3 Å². The van der Waals surface area contributed by atoms with Crippen molar-refractivity contribution in [3.63, 3.8) is 0 Å². The number of carbonyl (C=O) groups excluding carboxylic acids is 4. The molecule has 0 aromatic carbocycles. The van der Waals surface area contributed by atoms with Crippen LogP contribution >= 0.6 is 0 Å². The summed E-state index contributed by atoms with van der Waals surface area (Å²) in [6.45, 7) is 6.81. The van der Waals surface area contributed by atoms with Gasteiger partial charge < -0.3 is 24.5 Å². The summed E-state index contributed by atoms with van der Waals surface area (Å²) in [4.78, 5) is 38.6. The molecule has 0 fully saturated rings. The van der Waals surface area contributed by atoms with Crippen molar-refractivity contribution in [2.45, 2.75) is 27.2 Å². The van der Waals surface area contributed by atoms with Crippen LogP contribution in [-0.2, 0) is 23.9 Å². The predicted molar refractivity (Wildman–Crippen MR) is 63.6 cm³/mol. The van der Waals surface area contributed by atoms with Gasteiger partial charge in [0.2, 0.25) is 0 Å². The molecule has 0 spiro atoms. The molecule has 0 aromatic rings. The molecular weight excluding hydrogens is 268 g/mol. The number of hydrogen-bond acceptors (Lipinski definition) is 7. The predicted octanol–water partition coefficient (Wildman–Crippen LogP) is -2.17. The van der Waals surface area contributed by atoms with E-state index in [-0.39, 0.29) is 41.9 Å². The zero-order chi connectivity index (χ0) is 15.1. The molecule has 0 heterocycles. The topological polar surface area (TPSA) is 124 Å². The van der Waals surface area contributed by atoms with Crippen LogP contribution in [0.25, 0.3) is 0 Å². The molecule has 0 aliphatic rings. The van der Waals surface area contributed by atoms with Gasteiger partial charge in [-0.25, -0.2) is 0 Å². The van der Waals surface area contributed by atoms with E-state index in [0.717, 1.165) is 13.8 Å². The van der Waals surface area contributed by atoms with Crippen molar-refractivity contribution in [1.29, 1.82) is 0 Å². The number of aliphatic carboxylic acids is 2. The van der Waals surface area contributed by atoms with E-state index in [1.165, 1.54) is 13.0 Å². The first-order valence-corrected chi connectivity index (χ1v) is 4.74. The normalized spacial score (nSPS) is 7.11. The second-order valence-electron chi connectivity index (χ2n) is 2.83. The number of carbonyl (C=O) groups is 4. The van der Waals surface area contributed by atoms with Crippen molar-refractivity contribution < 1.29 is 34.1 Å². The Bertz CT molecular complexity index is 279. The van der Waals surface area contributed by atoms with Crippen molar-refractivity contribution >= 4 is 46.7 Å². The first kappa shape index (κ1) is 26.2. The molecular formula is C11H16MgO7. The van der Waals surface area contributed by atoms with E-state index in [1.54, 1.807) is 0 Å². The quantitative estimate of drug-likeness (QED) is 0.249. The van der Waals surface area contributed by atoms with Crippen molar-refractivity contribution in [1.82, 2.24) is 0 Å². The van der Waals surface area contributed by atoms with Crippen molar-refractivity contribution in [3.8, 4) is 0 Å². The SMILES string of the molecule is C=CCOC(=O)CC(C)=O.CC(=O)[O-].CC(=O)[O-].[Mg+2]. The van der Waals surface area contributed by atoms with Crippen molar-refractivity contribution in [2.24, 2.45) is 0 Å². The number of carboxylic acids is 2. The summed E-state index contributed by atoms with van der Waals surface area (Å²) < 4.78 is 4.52. The van der Waals surface area contributed by atoms with Gasteiger partial charge in [0.1, 0.15) is 18.8 Å². The van der Waals surface area contributed by atoms with Crippen LogP contribution in [0, 0.1) is 0 Å². The van der Waals surface area contributed by atoms with Crippen molar-refractivity contribution in [3.05, 3.63) is 12.7 Å². The average molecular weight is 285 g/mol. The molecule has 0 bridgehead atoms. The van der Waals surface area contributed by atoms with Gasteiger partial charge >= 0.3 is 29.0 Å². The molecule has 0 aliphatic heterocycles. The minimum Gasteiger partial charge on any atom is -0.550 e. The van der Waals surface area contributed by atoms with Crippen LogP contribution in [0.5, 0.6) is 0 Å². The van der Waals surface area contributed by atoms with Crippen LogP contribution in [0.2, 0.25) is 0 Å². The Morgan fingerprint density at radius 3 is 1.58 bits per heavy atom. The molecule has 104 valence electrons. The molecule has 8 heteroatoms. The van der Waals surface area contributed by atoms with E-state index < -0.39 is 17.9 Å². The van der Waals surface area contributed by atoms with E-state index in [4.69, 9.17) is 19.8 Å². The second-order valence-corrected chi connectivity index (χ2v) is 2.83. The summed E-state index contributed by atoms with van der Waals surface area (Å²) in [5, 5.41) is 17.8. The molecule has 7 nitrogen and oxygen atoms in total. The number of hydrogen-bond donors (Lipinski definition) is 0. The Morgan fingerprint density at radius 2 is 1.37 bits per heavy atom. The molecule has 0 saturated carbocycles. The Balaban J connectivity index is -0.000000105. The maximum atomic E-state index is 10.5. The zero-order valence-corrected chi connectivity index (χ0v) is 12.7. The van der Waals surface area contributed by atoms with Gasteiger partial charge in [0.15, 0.2) is 0 Å². The number of carboxylic acid groups (broad SMARTS) is 2. The fraction of sp³-hybridized carbons (Fsp3) is 0.455. The maximum Gasteiger partial charge on any atom is 2.00 e. The van der Waals surface area contributed by atoms with Crippen LogP contribution in [0.4, 0.5) is 0 Å². The van der Waals surface area contributed by atoms with Gasteiger partial charge in [-0.1, -0.05) is 12.7 Å². The number of Topliss-reactive ketones (excluding diaryl/α,β-unsaturated/α-hetero) is 1. The molecule has 0 aromatic heterocycles. The summed E-state index contributed by atoms with van der Waals surface area (Å²) in [5.74, 6) is -2.85. The molecule has 0 radical (unpaired) electrons. The van der Waals surface area contributed by atoms with Crippen molar-refractivity contribution in [2.75, 3.05) is 6.61 Å². The van der Waals surface area contributed by atoms with Crippen LogP contribution in [0.15, 0.2) is 12.7 Å². The third kappa shape index (κ3) is 81.4. The molecule has 0 N–H and O–H groups in total. The van der Waals surface area contributed by atoms with Gasteiger partial charge in [0.05, 0.1) is 0 Å². The summed E-state index contributed by atoms with van der Waals surface area (Å²) in [7, 11) is 0. The fourth-order valence-corrected chi connectivity index (χ4v) is 0.406. The van der Waals surface area contributed by atoms with Gasteiger partial charge in [0.25, 0.3) is 0 Å². The largest absolute Gasteiger partial charge is 2.00 e. The van der Waals surface area contributed by atoms with Crippen LogP contribution in [-0.4, -0.2) is 53.4 Å². The summed E-state index contributed by atoms with van der Waals surface area (Å²) >= 11 is 0. The first-order valence-electron chi connectivity index (χ1n) is 4.74. The summed E-state index contributed by atoms with van der Waals surface area (Å²) in [5.41, 5.74) is 0. The summed E-state index contributed by atoms with van der Waals surface area (Å²) in [6, 6.07) is 0. The zero-order valence-electron chi connectivity index (χ0n) is 11.3. The van der Waals surface area contributed by atoms with E-state index in [9.17, 15) is 9.59 Å². The Hall–Kier alpha value is -1.41. The van der Waals surface area contributed by atoms with Gasteiger partial charge in [0, 0.05) is 11.9 Å². The van der Waals surface area contributed by atoms with Gasteiger partial charge in [-0.05, 0) is 20.8 Å². The molecule has 19 heavy (non-hydrogen) atoms.